The molecule has 108 valence electrons. The zero-order chi connectivity index (χ0) is 14.5. The molecule has 1 aliphatic heterocycles. The molecule has 0 aliphatic carbocycles. The second kappa shape index (κ2) is 6.52. The van der Waals surface area contributed by atoms with Crippen LogP contribution in [-0.2, 0) is 16.0 Å². The van der Waals surface area contributed by atoms with Gasteiger partial charge in [0, 0.05) is 18.0 Å². The number of amides is 1. The Bertz CT molecular complexity index is 480. The van der Waals surface area contributed by atoms with Crippen LogP contribution < -0.4 is 10.6 Å². The Kier molecular flexibility index (Phi) is 4.74. The van der Waals surface area contributed by atoms with Crippen molar-refractivity contribution in [1.29, 1.82) is 0 Å². The summed E-state index contributed by atoms with van der Waals surface area (Å²) < 4.78 is 0. The zero-order valence-corrected chi connectivity index (χ0v) is 11.6. The predicted octanol–water partition coefficient (Wildman–Crippen LogP) is 1.50. The lowest BCUT2D eigenvalue weighted by molar-refractivity contribution is -0.137. The van der Waals surface area contributed by atoms with Gasteiger partial charge in [0.1, 0.15) is 0 Å². The van der Waals surface area contributed by atoms with Crippen molar-refractivity contribution in [1.82, 2.24) is 5.32 Å². The molecule has 1 unspecified atom stereocenters. The van der Waals surface area contributed by atoms with E-state index in [-0.39, 0.29) is 18.2 Å². The lowest BCUT2D eigenvalue weighted by Crippen LogP contribution is -2.48. The van der Waals surface area contributed by atoms with Crippen molar-refractivity contribution in [2.75, 3.05) is 18.4 Å². The van der Waals surface area contributed by atoms with Gasteiger partial charge in [-0.15, -0.1) is 0 Å². The number of carbonyl (C=O) groups excluding carboxylic acids is 1. The number of carbonyl (C=O) groups is 2. The minimum absolute atomic E-state index is 0.00272. The van der Waals surface area contributed by atoms with E-state index in [4.69, 9.17) is 5.11 Å². The van der Waals surface area contributed by atoms with E-state index in [1.807, 2.05) is 31.2 Å². The fraction of sp³-hybridized carbons (Fsp3) is 0.467. The zero-order valence-electron chi connectivity index (χ0n) is 11.6. The van der Waals surface area contributed by atoms with Crippen molar-refractivity contribution in [3.05, 3.63) is 29.8 Å². The van der Waals surface area contributed by atoms with E-state index in [2.05, 4.69) is 10.6 Å². The number of aryl methyl sites for hydroxylation is 1. The molecule has 5 heteroatoms. The number of carboxylic acids is 1. The molecule has 1 fully saturated rings. The van der Waals surface area contributed by atoms with Gasteiger partial charge < -0.3 is 15.7 Å². The summed E-state index contributed by atoms with van der Waals surface area (Å²) in [7, 11) is 0. The summed E-state index contributed by atoms with van der Waals surface area (Å²) in [6, 6.07) is 7.35. The van der Waals surface area contributed by atoms with Gasteiger partial charge in [0.15, 0.2) is 0 Å². The maximum Gasteiger partial charge on any atom is 0.303 e. The Morgan fingerprint density at radius 1 is 1.35 bits per heavy atom. The molecule has 2 rings (SSSR count). The molecule has 0 saturated carbocycles. The van der Waals surface area contributed by atoms with E-state index in [0.29, 0.717) is 12.3 Å². The predicted molar refractivity (Wildman–Crippen MR) is 76.6 cm³/mol. The van der Waals surface area contributed by atoms with Gasteiger partial charge in [-0.2, -0.15) is 0 Å². The lowest BCUT2D eigenvalue weighted by Gasteiger charge is -2.31. The maximum atomic E-state index is 12.0. The quantitative estimate of drug-likeness (QED) is 0.735. The monoisotopic (exact) mass is 276 g/mol. The first kappa shape index (κ1) is 14.5. The molecule has 1 atom stereocenters. The van der Waals surface area contributed by atoms with E-state index < -0.39 is 5.97 Å². The van der Waals surface area contributed by atoms with Gasteiger partial charge in [0.2, 0.25) is 5.91 Å². The second-order valence-electron chi connectivity index (χ2n) is 5.29. The summed E-state index contributed by atoms with van der Waals surface area (Å²) in [5, 5.41) is 14.7. The first-order chi connectivity index (χ1) is 9.56. The third kappa shape index (κ3) is 3.81. The molecule has 1 heterocycles. The van der Waals surface area contributed by atoms with Crippen molar-refractivity contribution in [2.24, 2.45) is 11.8 Å². The molecule has 0 bridgehead atoms. The molecule has 0 aromatic heterocycles. The third-order valence-electron chi connectivity index (χ3n) is 3.78. The van der Waals surface area contributed by atoms with Crippen LogP contribution in [-0.4, -0.2) is 30.1 Å². The van der Waals surface area contributed by atoms with Gasteiger partial charge >= 0.3 is 5.97 Å². The molecule has 1 saturated heterocycles. The van der Waals surface area contributed by atoms with Crippen molar-refractivity contribution in [2.45, 2.75) is 19.8 Å². The van der Waals surface area contributed by atoms with Gasteiger partial charge in [0.05, 0.1) is 0 Å². The summed E-state index contributed by atoms with van der Waals surface area (Å²) in [5.74, 6) is -0.340. The average molecular weight is 276 g/mol. The molecule has 1 amide bonds. The minimum atomic E-state index is -0.801. The highest BCUT2D eigenvalue weighted by Crippen LogP contribution is 2.18. The van der Waals surface area contributed by atoms with Crippen molar-refractivity contribution in [3.63, 3.8) is 0 Å². The van der Waals surface area contributed by atoms with Gasteiger partial charge in [-0.25, -0.2) is 0 Å². The van der Waals surface area contributed by atoms with Crippen molar-refractivity contribution < 1.29 is 14.7 Å². The lowest BCUT2D eigenvalue weighted by atomic mass is 9.88. The molecular weight excluding hydrogens is 256 g/mol. The number of anilines is 1. The molecule has 1 aromatic rings. The molecule has 1 aliphatic rings. The number of hydrogen-bond acceptors (Lipinski definition) is 3. The van der Waals surface area contributed by atoms with Crippen molar-refractivity contribution in [3.8, 4) is 0 Å². The second-order valence-corrected chi connectivity index (χ2v) is 5.29. The summed E-state index contributed by atoms with van der Waals surface area (Å²) >= 11 is 0. The molecule has 20 heavy (non-hydrogen) atoms. The Morgan fingerprint density at radius 3 is 2.50 bits per heavy atom. The van der Waals surface area contributed by atoms with E-state index in [0.717, 1.165) is 24.3 Å². The fourth-order valence-corrected chi connectivity index (χ4v) is 2.14. The Labute approximate surface area is 118 Å². The van der Waals surface area contributed by atoms with Crippen LogP contribution in [0.3, 0.4) is 0 Å². The van der Waals surface area contributed by atoms with Gasteiger partial charge in [-0.3, -0.25) is 9.59 Å². The normalized spacial score (nSPS) is 16.2. The highest BCUT2D eigenvalue weighted by Gasteiger charge is 2.28. The number of aliphatic carboxylic acids is 1. The van der Waals surface area contributed by atoms with Crippen LogP contribution in [0.15, 0.2) is 24.3 Å². The molecule has 5 nitrogen and oxygen atoms in total. The van der Waals surface area contributed by atoms with Crippen LogP contribution in [0.25, 0.3) is 0 Å². The van der Waals surface area contributed by atoms with Crippen LogP contribution >= 0.6 is 0 Å². The number of benzene rings is 1. The summed E-state index contributed by atoms with van der Waals surface area (Å²) in [4.78, 5) is 22.5. The molecule has 0 spiro atoms. The molecule has 3 N–H and O–H groups in total. The fourth-order valence-electron chi connectivity index (χ4n) is 2.14. The largest absolute Gasteiger partial charge is 0.481 e. The highest BCUT2D eigenvalue weighted by molar-refractivity contribution is 5.92. The van der Waals surface area contributed by atoms with Crippen molar-refractivity contribution >= 4 is 17.6 Å². The van der Waals surface area contributed by atoms with Gasteiger partial charge in [-0.1, -0.05) is 19.1 Å². The van der Waals surface area contributed by atoms with E-state index in [1.165, 1.54) is 0 Å². The van der Waals surface area contributed by atoms with Crippen LogP contribution in [0.4, 0.5) is 5.69 Å². The number of nitrogens with one attached hydrogen (secondary N) is 2. The molecular formula is C15H20N2O3. The van der Waals surface area contributed by atoms with Crippen LogP contribution in [0.1, 0.15) is 18.9 Å². The van der Waals surface area contributed by atoms with Crippen LogP contribution in [0.2, 0.25) is 0 Å². The Balaban J connectivity index is 1.86. The smallest absolute Gasteiger partial charge is 0.303 e. The number of carboxylic acid groups (broad SMARTS) is 1. The molecule has 0 radical (unpaired) electrons. The Morgan fingerprint density at radius 2 is 2.00 bits per heavy atom. The first-order valence-corrected chi connectivity index (χ1v) is 6.88. The summed E-state index contributed by atoms with van der Waals surface area (Å²) in [5.41, 5.74) is 1.72. The standard InChI is InChI=1S/C15H20N2O3/c1-10(12-8-16-9-12)15(20)17-13-5-2-11(3-6-13)4-7-14(18)19/h2-3,5-6,10,12,16H,4,7-9H2,1H3,(H,17,20)(H,18,19). The van der Waals surface area contributed by atoms with E-state index in [1.54, 1.807) is 0 Å². The van der Waals surface area contributed by atoms with Crippen LogP contribution in [0.5, 0.6) is 0 Å². The van der Waals surface area contributed by atoms with E-state index >= 15 is 0 Å². The number of hydrogen-bond donors (Lipinski definition) is 3. The van der Waals surface area contributed by atoms with E-state index in [9.17, 15) is 9.59 Å². The van der Waals surface area contributed by atoms with Gasteiger partial charge in [-0.05, 0) is 43.1 Å². The SMILES string of the molecule is CC(C(=O)Nc1ccc(CCC(=O)O)cc1)C1CNC1. The average Bonchev–Trinajstić information content (AvgIpc) is 2.35. The third-order valence-corrected chi connectivity index (χ3v) is 3.78. The topological polar surface area (TPSA) is 78.4 Å². The van der Waals surface area contributed by atoms with Crippen LogP contribution in [0, 0.1) is 11.8 Å². The van der Waals surface area contributed by atoms with Gasteiger partial charge in [0.25, 0.3) is 0 Å². The summed E-state index contributed by atoms with van der Waals surface area (Å²) in [6.07, 6.45) is 0.630. The Hall–Kier alpha value is -1.88. The summed E-state index contributed by atoms with van der Waals surface area (Å²) in [6.45, 7) is 3.76. The highest BCUT2D eigenvalue weighted by atomic mass is 16.4. The first-order valence-electron chi connectivity index (χ1n) is 6.88. The number of rotatable bonds is 6. The molecule has 1 aromatic carbocycles. The maximum absolute atomic E-state index is 12.0. The minimum Gasteiger partial charge on any atom is -0.481 e.